The molecule has 1 fully saturated rings. The first kappa shape index (κ1) is 17.7. The van der Waals surface area contributed by atoms with Gasteiger partial charge >= 0.3 is 6.03 Å². The zero-order chi connectivity index (χ0) is 17.1. The van der Waals surface area contributed by atoms with E-state index in [2.05, 4.69) is 5.32 Å². The summed E-state index contributed by atoms with van der Waals surface area (Å²) in [6.07, 6.45) is 4.22. The third kappa shape index (κ3) is 4.67. The predicted molar refractivity (Wildman–Crippen MR) is 88.9 cm³/mol. The predicted octanol–water partition coefficient (Wildman–Crippen LogP) is 3.05. The minimum Gasteiger partial charge on any atom is -0.389 e. The summed E-state index contributed by atoms with van der Waals surface area (Å²) in [5.41, 5.74) is 0.0503. The Morgan fingerprint density at radius 2 is 1.87 bits per heavy atom. The maximum atomic E-state index is 13.2. The Labute approximate surface area is 137 Å². The number of aliphatic hydroxyl groups is 1. The summed E-state index contributed by atoms with van der Waals surface area (Å²) in [7, 11) is 1.67. The Morgan fingerprint density at radius 1 is 1.30 bits per heavy atom. The number of benzene rings is 1. The van der Waals surface area contributed by atoms with E-state index in [1.165, 1.54) is 17.0 Å². The van der Waals surface area contributed by atoms with Crippen LogP contribution < -0.4 is 5.32 Å². The molecule has 1 aromatic rings. The molecule has 0 bridgehead atoms. The highest BCUT2D eigenvalue weighted by Gasteiger charge is 2.36. The van der Waals surface area contributed by atoms with Gasteiger partial charge in [-0.25, -0.2) is 9.18 Å². The highest BCUT2D eigenvalue weighted by atomic mass is 19.1. The van der Waals surface area contributed by atoms with Crippen LogP contribution in [0.25, 0.3) is 0 Å². The molecule has 0 unspecified atom stereocenters. The summed E-state index contributed by atoms with van der Waals surface area (Å²) in [6.45, 7) is 4.15. The lowest BCUT2D eigenvalue weighted by molar-refractivity contribution is 0.0530. The van der Waals surface area contributed by atoms with Crippen LogP contribution in [0.5, 0.6) is 0 Å². The Balaban J connectivity index is 2.03. The van der Waals surface area contributed by atoms with Crippen molar-refractivity contribution in [1.82, 2.24) is 10.2 Å². The molecule has 0 spiro atoms. The number of urea groups is 1. The molecular weight excluding hydrogens is 295 g/mol. The molecule has 128 valence electrons. The fourth-order valence-electron chi connectivity index (χ4n) is 3.45. The molecule has 0 heterocycles. The largest absolute Gasteiger partial charge is 0.389 e. The van der Waals surface area contributed by atoms with Crippen LogP contribution in [0.15, 0.2) is 24.3 Å². The lowest BCUT2D eigenvalue weighted by Crippen LogP contribution is -2.48. The number of carbonyl (C=O) groups excluding carboxylic acids is 1. The third-order valence-electron chi connectivity index (χ3n) is 4.57. The topological polar surface area (TPSA) is 52.6 Å². The van der Waals surface area contributed by atoms with Crippen LogP contribution >= 0.6 is 0 Å². The maximum absolute atomic E-state index is 13.2. The third-order valence-corrected chi connectivity index (χ3v) is 4.57. The molecule has 2 N–H and O–H groups in total. The summed E-state index contributed by atoms with van der Waals surface area (Å²) in [5.74, 6) is -0.240. The first-order chi connectivity index (χ1) is 10.7. The Hall–Kier alpha value is -1.62. The summed E-state index contributed by atoms with van der Waals surface area (Å²) in [4.78, 5) is 13.7. The molecule has 1 saturated carbocycles. The van der Waals surface area contributed by atoms with Crippen molar-refractivity contribution in [3.8, 4) is 0 Å². The second kappa shape index (κ2) is 6.87. The van der Waals surface area contributed by atoms with Gasteiger partial charge < -0.3 is 15.3 Å². The van der Waals surface area contributed by atoms with E-state index in [-0.39, 0.29) is 23.8 Å². The van der Waals surface area contributed by atoms with Crippen LogP contribution in [0.2, 0.25) is 0 Å². The van der Waals surface area contributed by atoms with Crippen molar-refractivity contribution in [2.45, 2.75) is 50.5 Å². The number of halogens is 1. The standard InChI is InChI=1S/C18H27FN2O2/c1-17(2,23)13-21(3)16(22)20-12-18(10-4-5-11-18)14-6-8-15(19)9-7-14/h6-9,23H,4-5,10-13H2,1-3H3,(H,20,22). The van der Waals surface area contributed by atoms with E-state index < -0.39 is 5.60 Å². The lowest BCUT2D eigenvalue weighted by Gasteiger charge is -2.32. The average Bonchev–Trinajstić information content (AvgIpc) is 2.93. The number of nitrogens with zero attached hydrogens (tertiary/aromatic N) is 1. The molecule has 0 aliphatic heterocycles. The molecule has 0 aromatic heterocycles. The quantitative estimate of drug-likeness (QED) is 0.875. The van der Waals surface area contributed by atoms with Crippen molar-refractivity contribution in [3.63, 3.8) is 0 Å². The molecule has 4 nitrogen and oxygen atoms in total. The van der Waals surface area contributed by atoms with Crippen LogP contribution in [0.3, 0.4) is 0 Å². The van der Waals surface area contributed by atoms with Gasteiger partial charge in [0.25, 0.3) is 0 Å². The average molecular weight is 322 g/mol. The number of nitrogens with one attached hydrogen (secondary N) is 1. The van der Waals surface area contributed by atoms with E-state index in [0.29, 0.717) is 6.54 Å². The van der Waals surface area contributed by atoms with E-state index in [9.17, 15) is 14.3 Å². The molecule has 1 aromatic carbocycles. The molecule has 2 rings (SSSR count). The maximum Gasteiger partial charge on any atom is 0.317 e. The van der Waals surface area contributed by atoms with Crippen molar-refractivity contribution >= 4 is 6.03 Å². The molecule has 23 heavy (non-hydrogen) atoms. The summed E-state index contributed by atoms with van der Waals surface area (Å²) >= 11 is 0. The van der Waals surface area contributed by atoms with Crippen LogP contribution in [-0.4, -0.2) is 41.8 Å². The summed E-state index contributed by atoms with van der Waals surface area (Å²) in [5, 5.41) is 12.8. The minimum absolute atomic E-state index is 0.112. The van der Waals surface area contributed by atoms with E-state index >= 15 is 0 Å². The summed E-state index contributed by atoms with van der Waals surface area (Å²) in [6, 6.07) is 6.43. The minimum atomic E-state index is -0.923. The molecular formula is C18H27FN2O2. The van der Waals surface area contributed by atoms with Gasteiger partial charge in [0.15, 0.2) is 0 Å². The van der Waals surface area contributed by atoms with E-state index in [1.54, 1.807) is 20.9 Å². The second-order valence-electron chi connectivity index (χ2n) is 7.32. The molecule has 1 aliphatic carbocycles. The highest BCUT2D eigenvalue weighted by molar-refractivity contribution is 5.74. The van der Waals surface area contributed by atoms with Crippen LogP contribution in [0, 0.1) is 5.82 Å². The second-order valence-corrected chi connectivity index (χ2v) is 7.32. The van der Waals surface area contributed by atoms with Crippen LogP contribution in [-0.2, 0) is 5.41 Å². The van der Waals surface area contributed by atoms with Gasteiger partial charge in [0.2, 0.25) is 0 Å². The zero-order valence-corrected chi connectivity index (χ0v) is 14.2. The lowest BCUT2D eigenvalue weighted by atomic mass is 9.79. The number of hydrogen-bond donors (Lipinski definition) is 2. The monoisotopic (exact) mass is 322 g/mol. The van der Waals surface area contributed by atoms with E-state index in [1.807, 2.05) is 12.1 Å². The number of amides is 2. The molecule has 0 saturated heterocycles. The molecule has 2 amide bonds. The first-order valence-corrected chi connectivity index (χ1v) is 8.19. The van der Waals surface area contributed by atoms with Gasteiger partial charge in [-0.3, -0.25) is 0 Å². The highest BCUT2D eigenvalue weighted by Crippen LogP contribution is 2.40. The number of rotatable bonds is 5. The van der Waals surface area contributed by atoms with Crippen molar-refractivity contribution < 1.29 is 14.3 Å². The van der Waals surface area contributed by atoms with Crippen molar-refractivity contribution in [3.05, 3.63) is 35.6 Å². The van der Waals surface area contributed by atoms with Gasteiger partial charge in [0.05, 0.1) is 12.1 Å². The Bertz CT molecular complexity index is 531. The van der Waals surface area contributed by atoms with Crippen molar-refractivity contribution in [2.24, 2.45) is 0 Å². The SMILES string of the molecule is CN(CC(C)(C)O)C(=O)NCC1(c2ccc(F)cc2)CCCC1. The fourth-order valence-corrected chi connectivity index (χ4v) is 3.45. The van der Waals surface area contributed by atoms with Gasteiger partial charge in [-0.2, -0.15) is 0 Å². The van der Waals surface area contributed by atoms with Gasteiger partial charge in [-0.15, -0.1) is 0 Å². The van der Waals surface area contributed by atoms with E-state index in [4.69, 9.17) is 0 Å². The van der Waals surface area contributed by atoms with E-state index in [0.717, 1.165) is 31.2 Å². The zero-order valence-electron chi connectivity index (χ0n) is 14.2. The van der Waals surface area contributed by atoms with Crippen molar-refractivity contribution in [2.75, 3.05) is 20.1 Å². The molecule has 1 aliphatic rings. The summed E-state index contributed by atoms with van der Waals surface area (Å²) < 4.78 is 13.2. The van der Waals surface area contributed by atoms with Crippen LogP contribution in [0.1, 0.15) is 45.1 Å². The Kier molecular flexibility index (Phi) is 5.30. The number of hydrogen-bond acceptors (Lipinski definition) is 2. The van der Waals surface area contributed by atoms with Crippen LogP contribution in [0.4, 0.5) is 9.18 Å². The fraction of sp³-hybridized carbons (Fsp3) is 0.611. The normalized spacial score (nSPS) is 17.1. The number of likely N-dealkylation sites (N-methyl/N-ethyl adjacent to an activating group) is 1. The van der Waals surface area contributed by atoms with Gasteiger partial charge in [0.1, 0.15) is 5.82 Å². The molecule has 5 heteroatoms. The van der Waals surface area contributed by atoms with Gasteiger partial charge in [-0.1, -0.05) is 25.0 Å². The first-order valence-electron chi connectivity index (χ1n) is 8.19. The molecule has 0 atom stereocenters. The number of carbonyl (C=O) groups is 1. The van der Waals surface area contributed by atoms with Gasteiger partial charge in [0, 0.05) is 19.0 Å². The van der Waals surface area contributed by atoms with Crippen molar-refractivity contribution in [1.29, 1.82) is 0 Å². The Morgan fingerprint density at radius 3 is 2.39 bits per heavy atom. The molecule has 0 radical (unpaired) electrons. The smallest absolute Gasteiger partial charge is 0.317 e. The van der Waals surface area contributed by atoms with Gasteiger partial charge in [-0.05, 0) is 44.4 Å².